The molecule has 0 radical (unpaired) electrons. The lowest BCUT2D eigenvalue weighted by Gasteiger charge is -2.33. The van der Waals surface area contributed by atoms with Crippen LogP contribution in [0.1, 0.15) is 68.4 Å². The molecule has 0 unspecified atom stereocenters. The number of nitrogens with zero attached hydrogens (tertiary/aromatic N) is 5. The number of aromatic nitrogens is 3. The number of carbonyl (C=O) groups is 1. The van der Waals surface area contributed by atoms with Crippen LogP contribution in [0.25, 0.3) is 11.1 Å². The molecule has 0 spiro atoms. The van der Waals surface area contributed by atoms with Crippen molar-refractivity contribution in [2.75, 3.05) is 31.2 Å². The topological polar surface area (TPSA) is 55.5 Å². The highest BCUT2D eigenvalue weighted by Gasteiger charge is 2.36. The van der Waals surface area contributed by atoms with Crippen molar-refractivity contribution in [3.63, 3.8) is 0 Å². The van der Waals surface area contributed by atoms with Crippen molar-refractivity contribution in [1.29, 1.82) is 0 Å². The number of fused-ring (bicyclic) bond motifs is 2. The van der Waals surface area contributed by atoms with E-state index in [2.05, 4.69) is 50.7 Å². The molecule has 7 heteroatoms. The molecule has 1 aliphatic carbocycles. The standard InChI is InChI=1S/C31H39N5O2/c1-22(37)34-15-16-36-29(21-34)31(32-30(36)24-4-5-24)35-12-2-3-26-19-25(6-7-28(26)35)27-9-14-33(20-27)13-8-23-10-17-38-18-11-23/h6-7,9,14,19-20,23-24H,2-5,8,10-13,15-18,21H2,1H3. The molecule has 2 fully saturated rings. The van der Waals surface area contributed by atoms with Crippen molar-refractivity contribution in [1.82, 2.24) is 19.0 Å². The number of carbonyl (C=O) groups excluding carboxylic acids is 1. The van der Waals surface area contributed by atoms with Crippen molar-refractivity contribution in [3.05, 3.63) is 53.7 Å². The largest absolute Gasteiger partial charge is 0.381 e. The summed E-state index contributed by atoms with van der Waals surface area (Å²) >= 11 is 0. The maximum absolute atomic E-state index is 12.2. The number of aryl methyl sites for hydroxylation is 2. The first kappa shape index (κ1) is 24.0. The van der Waals surface area contributed by atoms with Gasteiger partial charge in [0.15, 0.2) is 5.82 Å². The molecule has 1 amide bonds. The lowest BCUT2D eigenvalue weighted by atomic mass is 9.96. The van der Waals surface area contributed by atoms with Crippen LogP contribution in [0.5, 0.6) is 0 Å². The van der Waals surface area contributed by atoms with Crippen molar-refractivity contribution in [2.24, 2.45) is 5.92 Å². The molecule has 1 saturated carbocycles. The Hall–Kier alpha value is -3.06. The Labute approximate surface area is 225 Å². The van der Waals surface area contributed by atoms with Crippen LogP contribution in [0.3, 0.4) is 0 Å². The SMILES string of the molecule is CC(=O)N1CCn2c(C3CC3)nc(N3CCCc4cc(-c5ccn(CCC6CCOCC6)c5)ccc43)c2C1. The van der Waals surface area contributed by atoms with Crippen LogP contribution in [0.4, 0.5) is 11.5 Å². The molecule has 38 heavy (non-hydrogen) atoms. The fourth-order valence-electron chi connectivity index (χ4n) is 6.63. The minimum absolute atomic E-state index is 0.153. The molecule has 3 aliphatic heterocycles. The van der Waals surface area contributed by atoms with Gasteiger partial charge in [-0.15, -0.1) is 0 Å². The summed E-state index contributed by atoms with van der Waals surface area (Å²) < 4.78 is 10.3. The first-order chi connectivity index (χ1) is 18.6. The van der Waals surface area contributed by atoms with Crippen LogP contribution >= 0.6 is 0 Å². The van der Waals surface area contributed by atoms with Gasteiger partial charge < -0.3 is 23.7 Å². The number of hydrogen-bond donors (Lipinski definition) is 0. The van der Waals surface area contributed by atoms with E-state index < -0.39 is 0 Å². The van der Waals surface area contributed by atoms with Gasteiger partial charge in [-0.05, 0) is 85.8 Å². The first-order valence-electron chi connectivity index (χ1n) is 14.6. The second-order valence-corrected chi connectivity index (χ2v) is 11.7. The van der Waals surface area contributed by atoms with Gasteiger partial charge in [0.2, 0.25) is 5.91 Å². The van der Waals surface area contributed by atoms with Gasteiger partial charge in [-0.25, -0.2) is 4.98 Å². The Balaban J connectivity index is 1.14. The summed E-state index contributed by atoms with van der Waals surface area (Å²) in [4.78, 5) is 21.9. The Morgan fingerprint density at radius 3 is 2.74 bits per heavy atom. The summed E-state index contributed by atoms with van der Waals surface area (Å²) in [6.45, 7) is 7.89. The van der Waals surface area contributed by atoms with Crippen molar-refractivity contribution < 1.29 is 9.53 Å². The molecule has 2 aromatic heterocycles. The molecule has 1 saturated heterocycles. The van der Waals surface area contributed by atoms with Crippen LogP contribution in [0.2, 0.25) is 0 Å². The number of amides is 1. The molecule has 4 aliphatic rings. The Kier molecular flexibility index (Phi) is 6.27. The minimum Gasteiger partial charge on any atom is -0.381 e. The highest BCUT2D eigenvalue weighted by Crippen LogP contribution is 2.44. The molecule has 3 aromatic rings. The molecular weight excluding hydrogens is 474 g/mol. The predicted molar refractivity (Wildman–Crippen MR) is 149 cm³/mol. The lowest BCUT2D eigenvalue weighted by Crippen LogP contribution is -2.38. The van der Waals surface area contributed by atoms with Gasteiger partial charge in [0.05, 0.1) is 12.2 Å². The number of benzene rings is 1. The van der Waals surface area contributed by atoms with Gasteiger partial charge in [-0.2, -0.15) is 0 Å². The minimum atomic E-state index is 0.153. The Morgan fingerprint density at radius 1 is 1.05 bits per heavy atom. The average Bonchev–Trinajstić information content (AvgIpc) is 3.56. The summed E-state index contributed by atoms with van der Waals surface area (Å²) in [5.41, 5.74) is 6.49. The smallest absolute Gasteiger partial charge is 0.219 e. The summed E-state index contributed by atoms with van der Waals surface area (Å²) in [5.74, 6) is 3.85. The number of rotatable bonds is 6. The molecule has 0 bridgehead atoms. The zero-order valence-corrected chi connectivity index (χ0v) is 22.6. The quantitative estimate of drug-likeness (QED) is 0.437. The summed E-state index contributed by atoms with van der Waals surface area (Å²) in [7, 11) is 0. The van der Waals surface area contributed by atoms with E-state index in [4.69, 9.17) is 9.72 Å². The second kappa shape index (κ2) is 9.92. The molecule has 200 valence electrons. The third-order valence-electron chi connectivity index (χ3n) is 9.08. The number of hydrogen-bond acceptors (Lipinski definition) is 4. The summed E-state index contributed by atoms with van der Waals surface area (Å²) in [6, 6.07) is 9.24. The highest BCUT2D eigenvalue weighted by molar-refractivity contribution is 5.75. The van der Waals surface area contributed by atoms with Crippen molar-refractivity contribution in [3.8, 4) is 11.1 Å². The zero-order valence-electron chi connectivity index (χ0n) is 22.6. The molecule has 7 nitrogen and oxygen atoms in total. The fourth-order valence-corrected chi connectivity index (χ4v) is 6.63. The van der Waals surface area contributed by atoms with Gasteiger partial charge in [0.25, 0.3) is 0 Å². The predicted octanol–water partition coefficient (Wildman–Crippen LogP) is 5.49. The molecule has 7 rings (SSSR count). The van der Waals surface area contributed by atoms with E-state index in [-0.39, 0.29) is 5.91 Å². The van der Waals surface area contributed by atoms with E-state index in [1.54, 1.807) is 6.92 Å². The third-order valence-corrected chi connectivity index (χ3v) is 9.08. The van der Waals surface area contributed by atoms with E-state index in [1.807, 2.05) is 4.90 Å². The average molecular weight is 514 g/mol. The van der Waals surface area contributed by atoms with Gasteiger partial charge in [0, 0.05) is 70.3 Å². The third kappa shape index (κ3) is 4.55. The van der Waals surface area contributed by atoms with Crippen molar-refractivity contribution in [2.45, 2.75) is 77.4 Å². The highest BCUT2D eigenvalue weighted by atomic mass is 16.5. The number of anilines is 2. The fraction of sp³-hybridized carbons (Fsp3) is 0.548. The maximum Gasteiger partial charge on any atom is 0.219 e. The van der Waals surface area contributed by atoms with Gasteiger partial charge >= 0.3 is 0 Å². The molecule has 5 heterocycles. The van der Waals surface area contributed by atoms with E-state index in [1.165, 1.54) is 66.0 Å². The molecule has 1 aromatic carbocycles. The van der Waals surface area contributed by atoms with Crippen LogP contribution in [-0.4, -0.2) is 51.2 Å². The molecule has 0 N–H and O–H groups in total. The molecular formula is C31H39N5O2. The lowest BCUT2D eigenvalue weighted by molar-refractivity contribution is -0.130. The van der Waals surface area contributed by atoms with Gasteiger partial charge in [0.1, 0.15) is 5.82 Å². The van der Waals surface area contributed by atoms with Crippen molar-refractivity contribution >= 4 is 17.4 Å². The van der Waals surface area contributed by atoms with Gasteiger partial charge in [-0.1, -0.05) is 6.07 Å². The van der Waals surface area contributed by atoms with E-state index in [9.17, 15) is 4.79 Å². The normalized spacial score (nSPS) is 19.9. The van der Waals surface area contributed by atoms with Crippen LogP contribution in [0, 0.1) is 5.92 Å². The summed E-state index contributed by atoms with van der Waals surface area (Å²) in [6.07, 6.45) is 12.9. The summed E-state index contributed by atoms with van der Waals surface area (Å²) in [5, 5.41) is 0. The van der Waals surface area contributed by atoms with Crippen LogP contribution < -0.4 is 4.90 Å². The number of ether oxygens (including phenoxy) is 1. The van der Waals surface area contributed by atoms with Crippen LogP contribution in [0.15, 0.2) is 36.7 Å². The van der Waals surface area contributed by atoms with Crippen LogP contribution in [-0.2, 0) is 35.6 Å². The first-order valence-corrected chi connectivity index (χ1v) is 14.6. The monoisotopic (exact) mass is 513 g/mol. The molecule has 0 atom stereocenters. The van der Waals surface area contributed by atoms with E-state index in [0.717, 1.165) is 64.0 Å². The zero-order chi connectivity index (χ0) is 25.6. The second-order valence-electron chi connectivity index (χ2n) is 11.7. The van der Waals surface area contributed by atoms with E-state index in [0.29, 0.717) is 12.5 Å². The van der Waals surface area contributed by atoms with E-state index >= 15 is 0 Å². The number of imidazole rings is 1. The Bertz CT molecular complexity index is 1330. The Morgan fingerprint density at radius 2 is 1.92 bits per heavy atom. The van der Waals surface area contributed by atoms with Gasteiger partial charge in [-0.3, -0.25) is 4.79 Å². The maximum atomic E-state index is 12.2.